The highest BCUT2D eigenvalue weighted by Crippen LogP contribution is 2.30. The van der Waals surface area contributed by atoms with Crippen LogP contribution in [0.4, 0.5) is 13.2 Å². The van der Waals surface area contributed by atoms with Crippen molar-refractivity contribution in [1.82, 2.24) is 0 Å². The third-order valence-electron chi connectivity index (χ3n) is 2.70. The summed E-state index contributed by atoms with van der Waals surface area (Å²) in [7, 11) is -5.68. The van der Waals surface area contributed by atoms with Crippen molar-refractivity contribution in [3.63, 3.8) is 0 Å². The molecule has 1 aromatic rings. The first-order chi connectivity index (χ1) is 9.94. The molecular formula is C14H17F3O4S. The largest absolute Gasteiger partial charge is 0.534 e. The number of hydrogen-bond donors (Lipinski definition) is 0. The number of hydrogen-bond acceptors (Lipinski definition) is 4. The first-order valence-electron chi connectivity index (χ1n) is 6.36. The fourth-order valence-electron chi connectivity index (χ4n) is 1.67. The van der Waals surface area contributed by atoms with Gasteiger partial charge in [-0.25, -0.2) is 0 Å². The van der Waals surface area contributed by atoms with Gasteiger partial charge in [0.1, 0.15) is 12.4 Å². The number of allylic oxidation sites excluding steroid dienone is 1. The van der Waals surface area contributed by atoms with Crippen LogP contribution in [-0.2, 0) is 21.5 Å². The van der Waals surface area contributed by atoms with Crippen molar-refractivity contribution in [2.45, 2.75) is 38.8 Å². The smallest absolute Gasteiger partial charge is 0.494 e. The van der Waals surface area contributed by atoms with E-state index in [0.29, 0.717) is 11.3 Å². The van der Waals surface area contributed by atoms with Gasteiger partial charge in [-0.2, -0.15) is 21.6 Å². The quantitative estimate of drug-likeness (QED) is 0.445. The van der Waals surface area contributed by atoms with E-state index in [2.05, 4.69) is 10.8 Å². The molecule has 0 atom stereocenters. The Hall–Kier alpha value is -1.70. The van der Waals surface area contributed by atoms with Crippen LogP contribution in [0.1, 0.15) is 37.8 Å². The molecule has 0 aromatic heterocycles. The molecule has 0 radical (unpaired) electrons. The lowest BCUT2D eigenvalue weighted by Gasteiger charge is -2.16. The SMILES string of the molecule is C=C(C)OCc1ccc(OS(=O)(=O)C(F)(F)F)cc1C(C)C. The van der Waals surface area contributed by atoms with Crippen LogP contribution in [0.25, 0.3) is 0 Å². The molecule has 0 heterocycles. The number of halogens is 3. The van der Waals surface area contributed by atoms with Crippen molar-refractivity contribution in [3.05, 3.63) is 41.7 Å². The van der Waals surface area contributed by atoms with Crippen molar-refractivity contribution in [2.75, 3.05) is 0 Å². The van der Waals surface area contributed by atoms with Crippen molar-refractivity contribution in [1.29, 1.82) is 0 Å². The van der Waals surface area contributed by atoms with Gasteiger partial charge in [0.05, 0.1) is 5.76 Å². The summed E-state index contributed by atoms with van der Waals surface area (Å²) in [6.45, 7) is 9.09. The van der Waals surface area contributed by atoms with Gasteiger partial charge in [-0.15, -0.1) is 0 Å². The molecule has 0 amide bonds. The zero-order valence-corrected chi connectivity index (χ0v) is 13.2. The first kappa shape index (κ1) is 18.3. The molecule has 8 heteroatoms. The maximum atomic E-state index is 12.3. The van der Waals surface area contributed by atoms with E-state index in [1.165, 1.54) is 12.1 Å². The minimum atomic E-state index is -5.68. The number of rotatable bonds is 6. The van der Waals surface area contributed by atoms with E-state index in [9.17, 15) is 21.6 Å². The van der Waals surface area contributed by atoms with Crippen LogP contribution >= 0.6 is 0 Å². The normalized spacial score (nSPS) is 12.3. The Morgan fingerprint density at radius 3 is 2.36 bits per heavy atom. The van der Waals surface area contributed by atoms with E-state index in [0.717, 1.165) is 11.6 Å². The monoisotopic (exact) mass is 338 g/mol. The number of ether oxygens (including phenoxy) is 1. The fraction of sp³-hybridized carbons (Fsp3) is 0.429. The van der Waals surface area contributed by atoms with E-state index >= 15 is 0 Å². The summed E-state index contributed by atoms with van der Waals surface area (Å²) in [5.41, 5.74) is -4.11. The summed E-state index contributed by atoms with van der Waals surface area (Å²) in [4.78, 5) is 0. The fourth-order valence-corrected chi connectivity index (χ4v) is 2.12. The second-order valence-electron chi connectivity index (χ2n) is 4.99. The number of alkyl halides is 3. The summed E-state index contributed by atoms with van der Waals surface area (Å²) in [5, 5.41) is 0. The highest BCUT2D eigenvalue weighted by atomic mass is 32.2. The van der Waals surface area contributed by atoms with E-state index < -0.39 is 15.6 Å². The maximum Gasteiger partial charge on any atom is 0.534 e. The average Bonchev–Trinajstić information content (AvgIpc) is 2.35. The van der Waals surface area contributed by atoms with E-state index in [1.807, 2.05) is 13.8 Å². The second kappa shape index (κ2) is 6.60. The molecule has 0 fully saturated rings. The Kier molecular flexibility index (Phi) is 5.50. The lowest BCUT2D eigenvalue weighted by molar-refractivity contribution is -0.0500. The molecule has 0 aliphatic rings. The average molecular weight is 338 g/mol. The van der Waals surface area contributed by atoms with Gasteiger partial charge in [-0.05, 0) is 36.1 Å². The van der Waals surface area contributed by atoms with Gasteiger partial charge in [0.2, 0.25) is 0 Å². The summed E-state index contributed by atoms with van der Waals surface area (Å²) >= 11 is 0. The molecule has 0 aliphatic heterocycles. The second-order valence-corrected chi connectivity index (χ2v) is 6.53. The van der Waals surface area contributed by atoms with Crippen LogP contribution < -0.4 is 4.18 Å². The summed E-state index contributed by atoms with van der Waals surface area (Å²) < 4.78 is 68.4. The maximum absolute atomic E-state index is 12.3. The third-order valence-corrected chi connectivity index (χ3v) is 3.68. The molecule has 124 valence electrons. The van der Waals surface area contributed by atoms with Crippen LogP contribution in [0.5, 0.6) is 5.75 Å². The molecule has 1 rings (SSSR count). The lowest BCUT2D eigenvalue weighted by Crippen LogP contribution is -2.28. The lowest BCUT2D eigenvalue weighted by atomic mass is 9.97. The van der Waals surface area contributed by atoms with Gasteiger partial charge >= 0.3 is 15.6 Å². The Balaban J connectivity index is 3.11. The van der Waals surface area contributed by atoms with Crippen LogP contribution in [0.3, 0.4) is 0 Å². The minimum Gasteiger partial charge on any atom is -0.494 e. The van der Waals surface area contributed by atoms with Gasteiger partial charge < -0.3 is 8.92 Å². The molecule has 0 bridgehead atoms. The molecular weight excluding hydrogens is 321 g/mol. The van der Waals surface area contributed by atoms with Crippen molar-refractivity contribution >= 4 is 10.1 Å². The number of benzene rings is 1. The van der Waals surface area contributed by atoms with Gasteiger partial charge in [-0.3, -0.25) is 0 Å². The highest BCUT2D eigenvalue weighted by molar-refractivity contribution is 7.88. The molecule has 0 N–H and O–H groups in total. The predicted molar refractivity (Wildman–Crippen MR) is 75.7 cm³/mol. The van der Waals surface area contributed by atoms with E-state index in [-0.39, 0.29) is 18.3 Å². The van der Waals surface area contributed by atoms with Gasteiger partial charge in [-0.1, -0.05) is 26.5 Å². The van der Waals surface area contributed by atoms with Crippen LogP contribution in [0.15, 0.2) is 30.5 Å². The molecule has 4 nitrogen and oxygen atoms in total. The van der Waals surface area contributed by atoms with Gasteiger partial charge in [0.15, 0.2) is 0 Å². The van der Waals surface area contributed by atoms with Crippen LogP contribution in [0, 0.1) is 0 Å². The standard InChI is InChI=1S/C14H17F3O4S/c1-9(2)13-7-12(21-22(18,19)14(15,16)17)6-5-11(13)8-20-10(3)4/h5-7,9H,3,8H2,1-2,4H3. The molecule has 0 saturated heterocycles. The van der Waals surface area contributed by atoms with Crippen molar-refractivity contribution in [2.24, 2.45) is 0 Å². The van der Waals surface area contributed by atoms with E-state index in [1.54, 1.807) is 6.92 Å². The van der Waals surface area contributed by atoms with Crippen molar-refractivity contribution < 1.29 is 30.5 Å². The molecule has 22 heavy (non-hydrogen) atoms. The first-order valence-corrected chi connectivity index (χ1v) is 7.76. The highest BCUT2D eigenvalue weighted by Gasteiger charge is 2.48. The Labute approximate surface area is 127 Å². The molecule has 0 saturated carbocycles. The zero-order chi connectivity index (χ0) is 17.1. The Morgan fingerprint density at radius 2 is 1.91 bits per heavy atom. The summed E-state index contributed by atoms with van der Waals surface area (Å²) in [6, 6.07) is 3.90. The van der Waals surface area contributed by atoms with Crippen LogP contribution in [-0.4, -0.2) is 13.9 Å². The van der Waals surface area contributed by atoms with Gasteiger partial charge in [0, 0.05) is 0 Å². The summed E-state index contributed by atoms with van der Waals surface area (Å²) in [6.07, 6.45) is 0. The van der Waals surface area contributed by atoms with Crippen molar-refractivity contribution in [3.8, 4) is 5.75 Å². The van der Waals surface area contributed by atoms with Gasteiger partial charge in [0.25, 0.3) is 0 Å². The van der Waals surface area contributed by atoms with Crippen LogP contribution in [0.2, 0.25) is 0 Å². The Morgan fingerprint density at radius 1 is 1.32 bits per heavy atom. The molecule has 1 aromatic carbocycles. The Bertz CT molecular complexity index is 649. The zero-order valence-electron chi connectivity index (χ0n) is 12.4. The predicted octanol–water partition coefficient (Wildman–Crippen LogP) is 4.09. The summed E-state index contributed by atoms with van der Waals surface area (Å²) in [5.74, 6) is 0.0515. The molecule has 0 unspecified atom stereocenters. The molecule has 0 spiro atoms. The third kappa shape index (κ3) is 4.66. The molecule has 0 aliphatic carbocycles. The topological polar surface area (TPSA) is 52.6 Å². The minimum absolute atomic E-state index is 0.0548. The van der Waals surface area contributed by atoms with E-state index in [4.69, 9.17) is 4.74 Å².